The number of nitrogens with zero attached hydrogens (tertiary/aromatic N) is 2. The lowest BCUT2D eigenvalue weighted by Crippen LogP contribution is -2.16. The van der Waals surface area contributed by atoms with Crippen LogP contribution in [0.15, 0.2) is 9.98 Å². The van der Waals surface area contributed by atoms with Gasteiger partial charge in [0.25, 0.3) is 0 Å². The molecule has 3 atom stereocenters. The predicted molar refractivity (Wildman–Crippen MR) is 64.1 cm³/mol. The highest BCUT2D eigenvalue weighted by molar-refractivity contribution is 5.82. The van der Waals surface area contributed by atoms with Gasteiger partial charge in [0.1, 0.15) is 12.7 Å². The molecule has 4 heteroatoms. The minimum atomic E-state index is 0.248. The van der Waals surface area contributed by atoms with E-state index in [1.54, 1.807) is 0 Å². The molecule has 0 aliphatic carbocycles. The van der Waals surface area contributed by atoms with Crippen molar-refractivity contribution in [1.82, 2.24) is 0 Å². The topological polar surface area (TPSA) is 43.2 Å². The van der Waals surface area contributed by atoms with Gasteiger partial charge in [0.05, 0.1) is 12.6 Å². The van der Waals surface area contributed by atoms with Gasteiger partial charge >= 0.3 is 0 Å². The Kier molecular flexibility index (Phi) is 3.46. The van der Waals surface area contributed by atoms with Crippen molar-refractivity contribution in [3.8, 4) is 0 Å². The largest absolute Gasteiger partial charge is 0.479 e. The van der Waals surface area contributed by atoms with E-state index < -0.39 is 0 Å². The molecule has 0 saturated heterocycles. The van der Waals surface area contributed by atoms with Crippen LogP contribution in [0, 0.1) is 5.92 Å². The van der Waals surface area contributed by atoms with E-state index in [9.17, 15) is 0 Å². The fraction of sp³-hybridized carbons (Fsp3) is 0.833. The van der Waals surface area contributed by atoms with Crippen molar-refractivity contribution in [2.75, 3.05) is 13.2 Å². The van der Waals surface area contributed by atoms with Crippen molar-refractivity contribution in [1.29, 1.82) is 0 Å². The maximum absolute atomic E-state index is 5.63. The van der Waals surface area contributed by atoms with Gasteiger partial charge in [-0.1, -0.05) is 6.92 Å². The molecule has 0 bridgehead atoms. The number of rotatable bonds is 4. The third-order valence-electron chi connectivity index (χ3n) is 2.89. The Morgan fingerprint density at radius 2 is 2.25 bits per heavy atom. The van der Waals surface area contributed by atoms with Crippen LogP contribution >= 0.6 is 0 Å². The molecule has 0 fully saturated rings. The molecule has 0 spiro atoms. The molecule has 2 heterocycles. The molecule has 2 aliphatic heterocycles. The molecule has 0 radical (unpaired) electrons. The van der Waals surface area contributed by atoms with Crippen LogP contribution in [-0.4, -0.2) is 37.1 Å². The zero-order valence-electron chi connectivity index (χ0n) is 10.3. The van der Waals surface area contributed by atoms with Crippen LogP contribution in [0.4, 0.5) is 0 Å². The van der Waals surface area contributed by atoms with Gasteiger partial charge in [0.15, 0.2) is 11.8 Å². The molecule has 0 aromatic rings. The van der Waals surface area contributed by atoms with Gasteiger partial charge < -0.3 is 9.47 Å². The van der Waals surface area contributed by atoms with Gasteiger partial charge in [0.2, 0.25) is 0 Å². The number of hydrogen-bond donors (Lipinski definition) is 0. The first-order valence-electron chi connectivity index (χ1n) is 6.05. The second-order valence-corrected chi connectivity index (χ2v) is 4.73. The summed E-state index contributed by atoms with van der Waals surface area (Å²) >= 11 is 0. The fourth-order valence-electron chi connectivity index (χ4n) is 1.91. The normalized spacial score (nSPS) is 30.4. The summed E-state index contributed by atoms with van der Waals surface area (Å²) in [6.45, 7) is 7.81. The van der Waals surface area contributed by atoms with Crippen molar-refractivity contribution in [3.05, 3.63) is 0 Å². The molecule has 2 aliphatic rings. The lowest BCUT2D eigenvalue weighted by Gasteiger charge is -2.12. The number of aliphatic imine (C=N–C) groups is 2. The standard InChI is InChI=1S/C12H20N2O2/c1-8(12-13-6-10(3)16-12)4-5-11-14-9(2)7-15-11/h8-10H,4-7H2,1-3H3. The molecule has 90 valence electrons. The Bertz CT molecular complexity index is 312. The van der Waals surface area contributed by atoms with Crippen LogP contribution in [0.1, 0.15) is 33.6 Å². The number of hydrogen-bond acceptors (Lipinski definition) is 4. The van der Waals surface area contributed by atoms with Crippen molar-refractivity contribution in [2.45, 2.75) is 45.8 Å². The second kappa shape index (κ2) is 4.85. The third kappa shape index (κ3) is 2.74. The maximum atomic E-state index is 5.63. The van der Waals surface area contributed by atoms with E-state index in [1.807, 2.05) is 0 Å². The SMILES string of the molecule is CC1COC(CCC(C)C2=NCC(C)O2)=N1. The Labute approximate surface area is 96.8 Å². The van der Waals surface area contributed by atoms with Crippen LogP contribution in [0.5, 0.6) is 0 Å². The van der Waals surface area contributed by atoms with E-state index in [-0.39, 0.29) is 6.10 Å². The van der Waals surface area contributed by atoms with Gasteiger partial charge in [-0.3, -0.25) is 4.99 Å². The molecular weight excluding hydrogens is 204 g/mol. The molecule has 0 saturated carbocycles. The van der Waals surface area contributed by atoms with Gasteiger partial charge in [0, 0.05) is 12.3 Å². The Balaban J connectivity index is 1.76. The van der Waals surface area contributed by atoms with Crippen molar-refractivity contribution in [3.63, 3.8) is 0 Å². The molecule has 2 rings (SSSR count). The predicted octanol–water partition coefficient (Wildman–Crippen LogP) is 2.04. The summed E-state index contributed by atoms with van der Waals surface area (Å²) in [5, 5.41) is 0. The van der Waals surface area contributed by atoms with Gasteiger partial charge in [-0.2, -0.15) is 0 Å². The molecule has 3 unspecified atom stereocenters. The minimum absolute atomic E-state index is 0.248. The first-order valence-corrected chi connectivity index (χ1v) is 6.05. The quantitative estimate of drug-likeness (QED) is 0.733. The van der Waals surface area contributed by atoms with Crippen molar-refractivity contribution < 1.29 is 9.47 Å². The fourth-order valence-corrected chi connectivity index (χ4v) is 1.91. The second-order valence-electron chi connectivity index (χ2n) is 4.73. The van der Waals surface area contributed by atoms with E-state index in [0.717, 1.165) is 37.8 Å². The smallest absolute Gasteiger partial charge is 0.186 e. The summed E-state index contributed by atoms with van der Waals surface area (Å²) in [6, 6.07) is 0.324. The lowest BCUT2D eigenvalue weighted by atomic mass is 10.1. The molecule has 0 aromatic carbocycles. The Morgan fingerprint density at radius 1 is 1.44 bits per heavy atom. The Hall–Kier alpha value is -1.06. The zero-order valence-corrected chi connectivity index (χ0v) is 10.3. The third-order valence-corrected chi connectivity index (χ3v) is 2.89. The molecular formula is C12H20N2O2. The molecule has 16 heavy (non-hydrogen) atoms. The van der Waals surface area contributed by atoms with Gasteiger partial charge in [-0.05, 0) is 20.3 Å². The van der Waals surface area contributed by atoms with Crippen LogP contribution in [-0.2, 0) is 9.47 Å². The highest BCUT2D eigenvalue weighted by atomic mass is 16.5. The van der Waals surface area contributed by atoms with Crippen LogP contribution in [0.2, 0.25) is 0 Å². The monoisotopic (exact) mass is 224 g/mol. The van der Waals surface area contributed by atoms with Crippen molar-refractivity contribution >= 4 is 11.8 Å². The van der Waals surface area contributed by atoms with E-state index >= 15 is 0 Å². The van der Waals surface area contributed by atoms with Gasteiger partial charge in [-0.25, -0.2) is 4.99 Å². The van der Waals surface area contributed by atoms with E-state index in [0.29, 0.717) is 12.0 Å². The molecule has 0 N–H and O–H groups in total. The first-order chi connectivity index (χ1) is 7.65. The highest BCUT2D eigenvalue weighted by Crippen LogP contribution is 2.17. The summed E-state index contributed by atoms with van der Waals surface area (Å²) < 4.78 is 11.1. The van der Waals surface area contributed by atoms with Gasteiger partial charge in [-0.15, -0.1) is 0 Å². The average Bonchev–Trinajstić information content (AvgIpc) is 2.84. The van der Waals surface area contributed by atoms with Crippen LogP contribution in [0.3, 0.4) is 0 Å². The average molecular weight is 224 g/mol. The lowest BCUT2D eigenvalue weighted by molar-refractivity contribution is 0.229. The van der Waals surface area contributed by atoms with Crippen LogP contribution < -0.4 is 0 Å². The molecule has 4 nitrogen and oxygen atoms in total. The highest BCUT2D eigenvalue weighted by Gasteiger charge is 2.22. The van der Waals surface area contributed by atoms with Crippen molar-refractivity contribution in [2.24, 2.45) is 15.9 Å². The summed E-state index contributed by atoms with van der Waals surface area (Å²) in [5.74, 6) is 2.16. The Morgan fingerprint density at radius 3 is 2.81 bits per heavy atom. The summed E-state index contributed by atoms with van der Waals surface area (Å²) in [5.41, 5.74) is 0. The molecule has 0 amide bonds. The van der Waals surface area contributed by atoms with Crippen LogP contribution in [0.25, 0.3) is 0 Å². The summed E-state index contributed by atoms with van der Waals surface area (Å²) in [6.07, 6.45) is 2.14. The van der Waals surface area contributed by atoms with E-state index in [4.69, 9.17) is 9.47 Å². The summed E-state index contributed by atoms with van der Waals surface area (Å²) in [7, 11) is 0. The summed E-state index contributed by atoms with van der Waals surface area (Å²) in [4.78, 5) is 8.81. The number of ether oxygens (including phenoxy) is 2. The zero-order chi connectivity index (χ0) is 11.5. The van der Waals surface area contributed by atoms with E-state index in [1.165, 1.54) is 0 Å². The van der Waals surface area contributed by atoms with E-state index in [2.05, 4.69) is 30.8 Å². The first kappa shape index (κ1) is 11.4. The molecule has 0 aromatic heterocycles. The maximum Gasteiger partial charge on any atom is 0.186 e. The minimum Gasteiger partial charge on any atom is -0.479 e.